The predicted molar refractivity (Wildman–Crippen MR) is 84.7 cm³/mol. The molecule has 0 radical (unpaired) electrons. The zero-order valence-corrected chi connectivity index (χ0v) is 13.7. The van der Waals surface area contributed by atoms with Gasteiger partial charge in [-0.1, -0.05) is 0 Å². The minimum Gasteiger partial charge on any atom is -0.393 e. The minimum atomic E-state index is -0.381. The van der Waals surface area contributed by atoms with Crippen LogP contribution in [-0.4, -0.2) is 82.7 Å². The van der Waals surface area contributed by atoms with Gasteiger partial charge in [-0.3, -0.25) is 14.7 Å². The first kappa shape index (κ1) is 16.0. The monoisotopic (exact) mass is 323 g/mol. The second kappa shape index (κ2) is 6.35. The normalized spacial score (nSPS) is 28.3. The van der Waals surface area contributed by atoms with Crippen LogP contribution in [0.2, 0.25) is 0 Å². The molecule has 8 heteroatoms. The number of nitrogens with one attached hydrogen (secondary N) is 1. The van der Waals surface area contributed by atoms with Gasteiger partial charge in [-0.15, -0.1) is 0 Å². The van der Waals surface area contributed by atoms with E-state index in [0.29, 0.717) is 19.4 Å². The van der Waals surface area contributed by atoms with Crippen LogP contribution in [0.4, 0.5) is 4.79 Å². The molecule has 3 heterocycles. The Morgan fingerprint density at radius 1 is 1.39 bits per heavy atom. The van der Waals surface area contributed by atoms with Gasteiger partial charge in [-0.05, 0) is 32.6 Å². The number of fused-ring (bicyclic) bond motifs is 3. The fraction of sp³-hybridized carbons (Fsp3) is 0.800. The Balaban J connectivity index is 1.70. The molecular formula is C15H25N5O3. The number of hydrogen-bond acceptors (Lipinski definition) is 6. The molecular weight excluding hydrogens is 298 g/mol. The van der Waals surface area contributed by atoms with Crippen molar-refractivity contribution in [3.05, 3.63) is 0 Å². The van der Waals surface area contributed by atoms with Crippen molar-refractivity contribution in [1.82, 2.24) is 20.0 Å². The van der Waals surface area contributed by atoms with Gasteiger partial charge in [-0.25, -0.2) is 4.79 Å². The molecule has 0 aromatic carbocycles. The molecule has 2 fully saturated rings. The molecule has 0 aromatic heterocycles. The van der Waals surface area contributed by atoms with Gasteiger partial charge < -0.3 is 20.2 Å². The number of nitrogens with zero attached hydrogens (tertiary/aromatic N) is 4. The SMILES string of the molecule is C[C@H](O)CCCCN1C(=O)C2C(NC3=NCCCN32)N(C)C1=O. The number of unbranched alkanes of at least 4 members (excludes halogenated alkanes) is 1. The summed E-state index contributed by atoms with van der Waals surface area (Å²) in [5.74, 6) is 0.588. The number of imide groups is 1. The first-order valence-corrected chi connectivity index (χ1v) is 8.34. The molecule has 0 saturated carbocycles. The van der Waals surface area contributed by atoms with E-state index in [1.54, 1.807) is 18.9 Å². The number of guanidine groups is 1. The first-order valence-electron chi connectivity index (χ1n) is 8.34. The summed E-state index contributed by atoms with van der Waals surface area (Å²) < 4.78 is 0. The van der Waals surface area contributed by atoms with Crippen molar-refractivity contribution in [2.45, 2.75) is 50.9 Å². The van der Waals surface area contributed by atoms with Crippen molar-refractivity contribution >= 4 is 17.9 Å². The number of amides is 3. The largest absolute Gasteiger partial charge is 0.393 e. The Hall–Kier alpha value is -1.83. The number of hydrogen-bond donors (Lipinski definition) is 2. The number of urea groups is 1. The van der Waals surface area contributed by atoms with Crippen LogP contribution in [0, 0.1) is 0 Å². The van der Waals surface area contributed by atoms with Crippen molar-refractivity contribution in [3.8, 4) is 0 Å². The fourth-order valence-corrected chi connectivity index (χ4v) is 3.46. The van der Waals surface area contributed by atoms with E-state index in [4.69, 9.17) is 0 Å². The molecule has 128 valence electrons. The van der Waals surface area contributed by atoms with Gasteiger partial charge in [0.25, 0.3) is 5.91 Å². The summed E-state index contributed by atoms with van der Waals surface area (Å²) in [5.41, 5.74) is 0. The van der Waals surface area contributed by atoms with E-state index < -0.39 is 0 Å². The van der Waals surface area contributed by atoms with Crippen molar-refractivity contribution in [3.63, 3.8) is 0 Å². The second-order valence-corrected chi connectivity index (χ2v) is 6.51. The van der Waals surface area contributed by atoms with Crippen molar-refractivity contribution in [2.24, 2.45) is 4.99 Å². The third kappa shape index (κ3) is 2.87. The van der Waals surface area contributed by atoms with Crippen LogP contribution in [-0.2, 0) is 4.79 Å². The lowest BCUT2D eigenvalue weighted by Gasteiger charge is -2.41. The summed E-state index contributed by atoms with van der Waals surface area (Å²) in [4.78, 5) is 34.7. The Labute approximate surface area is 136 Å². The third-order valence-corrected chi connectivity index (χ3v) is 4.73. The average Bonchev–Trinajstić information content (AvgIpc) is 2.91. The summed E-state index contributed by atoms with van der Waals surface area (Å²) in [7, 11) is 1.72. The average molecular weight is 323 g/mol. The van der Waals surface area contributed by atoms with E-state index in [1.807, 2.05) is 4.90 Å². The van der Waals surface area contributed by atoms with Crippen LogP contribution in [0.1, 0.15) is 32.6 Å². The summed E-state index contributed by atoms with van der Waals surface area (Å²) in [6.07, 6.45) is 2.43. The number of carbonyl (C=O) groups excluding carboxylic acids is 2. The number of aliphatic hydroxyl groups is 1. The van der Waals surface area contributed by atoms with E-state index in [9.17, 15) is 14.7 Å². The van der Waals surface area contributed by atoms with Crippen molar-refractivity contribution in [2.75, 3.05) is 26.7 Å². The molecule has 3 atom stereocenters. The Kier molecular flexibility index (Phi) is 4.43. The Morgan fingerprint density at radius 3 is 2.91 bits per heavy atom. The van der Waals surface area contributed by atoms with Gasteiger partial charge >= 0.3 is 6.03 Å². The Bertz CT molecular complexity index is 521. The zero-order valence-electron chi connectivity index (χ0n) is 13.7. The molecule has 0 spiro atoms. The zero-order chi connectivity index (χ0) is 16.6. The van der Waals surface area contributed by atoms with Gasteiger partial charge in [-0.2, -0.15) is 0 Å². The lowest BCUT2D eigenvalue weighted by Crippen LogP contribution is -2.66. The van der Waals surface area contributed by atoms with Gasteiger partial charge in [0.1, 0.15) is 6.17 Å². The molecule has 3 aliphatic rings. The van der Waals surface area contributed by atoms with Gasteiger partial charge in [0.15, 0.2) is 12.0 Å². The molecule has 2 unspecified atom stereocenters. The van der Waals surface area contributed by atoms with E-state index in [-0.39, 0.29) is 30.2 Å². The number of aliphatic imine (C=N–C) groups is 1. The van der Waals surface area contributed by atoms with Crippen LogP contribution in [0.15, 0.2) is 4.99 Å². The smallest absolute Gasteiger partial charge is 0.328 e. The molecule has 2 saturated heterocycles. The van der Waals surface area contributed by atoms with Crippen LogP contribution in [0.5, 0.6) is 0 Å². The molecule has 23 heavy (non-hydrogen) atoms. The number of carbonyl (C=O) groups is 2. The standard InChI is InChI=1S/C15H25N5O3/c1-10(21)6-3-4-8-20-13(22)11-12(18(2)15(20)23)17-14-16-7-5-9-19(11)14/h10-12,21H,3-9H2,1-2H3,(H,16,17)/t10-,11?,12?/m0/s1. The van der Waals surface area contributed by atoms with Gasteiger partial charge in [0, 0.05) is 26.7 Å². The highest BCUT2D eigenvalue weighted by Crippen LogP contribution is 2.26. The van der Waals surface area contributed by atoms with Crippen molar-refractivity contribution < 1.29 is 14.7 Å². The molecule has 3 amide bonds. The number of rotatable bonds is 5. The first-order chi connectivity index (χ1) is 11.0. The number of aliphatic hydroxyl groups excluding tert-OH is 1. The summed E-state index contributed by atoms with van der Waals surface area (Å²) in [5, 5.41) is 12.5. The quantitative estimate of drug-likeness (QED) is 0.684. The van der Waals surface area contributed by atoms with Crippen LogP contribution in [0.3, 0.4) is 0 Å². The Morgan fingerprint density at radius 2 is 2.17 bits per heavy atom. The molecule has 0 aliphatic carbocycles. The maximum absolute atomic E-state index is 12.8. The topological polar surface area (TPSA) is 88.5 Å². The molecule has 0 aromatic rings. The molecule has 2 N–H and O–H groups in total. The summed E-state index contributed by atoms with van der Waals surface area (Å²) in [6, 6.07) is -0.644. The lowest BCUT2D eigenvalue weighted by molar-refractivity contribution is -0.137. The van der Waals surface area contributed by atoms with E-state index in [1.165, 1.54) is 4.90 Å². The highest BCUT2D eigenvalue weighted by atomic mass is 16.3. The van der Waals surface area contributed by atoms with E-state index in [2.05, 4.69) is 10.3 Å². The summed E-state index contributed by atoms with van der Waals surface area (Å²) >= 11 is 0. The molecule has 0 bridgehead atoms. The van der Waals surface area contributed by atoms with Gasteiger partial charge in [0.05, 0.1) is 6.10 Å². The third-order valence-electron chi connectivity index (χ3n) is 4.73. The highest BCUT2D eigenvalue weighted by molar-refractivity contribution is 6.04. The van der Waals surface area contributed by atoms with E-state index >= 15 is 0 Å². The van der Waals surface area contributed by atoms with Crippen LogP contribution < -0.4 is 5.32 Å². The maximum Gasteiger partial charge on any atom is 0.328 e. The van der Waals surface area contributed by atoms with E-state index in [0.717, 1.165) is 31.9 Å². The second-order valence-electron chi connectivity index (χ2n) is 6.51. The lowest BCUT2D eigenvalue weighted by atomic mass is 10.1. The fourth-order valence-electron chi connectivity index (χ4n) is 3.46. The van der Waals surface area contributed by atoms with Crippen molar-refractivity contribution in [1.29, 1.82) is 0 Å². The van der Waals surface area contributed by atoms with Crippen LogP contribution in [0.25, 0.3) is 0 Å². The highest BCUT2D eigenvalue weighted by Gasteiger charge is 2.53. The van der Waals surface area contributed by atoms with Crippen LogP contribution >= 0.6 is 0 Å². The molecule has 3 aliphatic heterocycles. The number of likely N-dealkylation sites (N-methyl/N-ethyl adjacent to an activating group) is 1. The summed E-state index contributed by atoms with van der Waals surface area (Å²) in [6.45, 7) is 3.69. The van der Waals surface area contributed by atoms with Gasteiger partial charge in [0.2, 0.25) is 0 Å². The molecule has 3 rings (SSSR count). The predicted octanol–water partition coefficient (Wildman–Crippen LogP) is -0.209. The maximum atomic E-state index is 12.8. The minimum absolute atomic E-state index is 0.144. The molecule has 8 nitrogen and oxygen atoms in total.